The number of ketones is 1. The molecule has 0 unspecified atom stereocenters. The van der Waals surface area contributed by atoms with Crippen molar-refractivity contribution in [2.24, 2.45) is 0 Å². The van der Waals surface area contributed by atoms with E-state index in [9.17, 15) is 4.79 Å². The average Bonchev–Trinajstić information content (AvgIpc) is 2.36. The van der Waals surface area contributed by atoms with Gasteiger partial charge in [0.1, 0.15) is 5.78 Å². The van der Waals surface area contributed by atoms with E-state index in [2.05, 4.69) is 43.3 Å². The summed E-state index contributed by atoms with van der Waals surface area (Å²) in [6.07, 6.45) is 9.79. The molecule has 0 spiro atoms. The third kappa shape index (κ3) is 6.39. The van der Waals surface area contributed by atoms with Gasteiger partial charge in [0.15, 0.2) is 0 Å². The minimum absolute atomic E-state index is 0.400. The molecular weight excluding hydrogens is 220 g/mol. The van der Waals surface area contributed by atoms with Crippen LogP contribution in [0.4, 0.5) is 0 Å². The van der Waals surface area contributed by atoms with Crippen molar-refractivity contribution >= 4 is 5.78 Å². The molecule has 0 radical (unpaired) electrons. The van der Waals surface area contributed by atoms with Crippen LogP contribution in [0.25, 0.3) is 0 Å². The Morgan fingerprint density at radius 1 is 1.22 bits per heavy atom. The van der Waals surface area contributed by atoms with Crippen molar-refractivity contribution < 1.29 is 4.79 Å². The number of unbranched alkanes of at least 4 members (excludes halogenated alkanes) is 2. The topological polar surface area (TPSA) is 17.1 Å². The second-order valence-electron chi connectivity index (χ2n) is 4.84. The first-order valence-electron chi connectivity index (χ1n) is 6.91. The Morgan fingerprint density at radius 3 is 2.78 bits per heavy atom. The lowest BCUT2D eigenvalue weighted by atomic mass is 10.0. The SMILES string of the molecule is C/C=C/CCCCC(=O)CCc1cccc(C)c1. The van der Waals surface area contributed by atoms with Crippen LogP contribution in [0.1, 0.15) is 50.2 Å². The number of benzene rings is 1. The molecule has 1 heteroatoms. The van der Waals surface area contributed by atoms with Gasteiger partial charge in [0.05, 0.1) is 0 Å². The first-order chi connectivity index (χ1) is 8.72. The van der Waals surface area contributed by atoms with E-state index in [4.69, 9.17) is 0 Å². The monoisotopic (exact) mass is 244 g/mol. The minimum Gasteiger partial charge on any atom is -0.300 e. The highest BCUT2D eigenvalue weighted by molar-refractivity contribution is 5.78. The summed E-state index contributed by atoms with van der Waals surface area (Å²) in [7, 11) is 0. The van der Waals surface area contributed by atoms with Gasteiger partial charge in [0.2, 0.25) is 0 Å². The van der Waals surface area contributed by atoms with Crippen molar-refractivity contribution in [1.29, 1.82) is 0 Å². The molecule has 0 aliphatic carbocycles. The number of Topliss-reactive ketones (excluding diaryl/α,β-unsaturated/α-hetero) is 1. The Kier molecular flexibility index (Phi) is 7.09. The molecule has 0 saturated carbocycles. The molecule has 0 fully saturated rings. The molecule has 18 heavy (non-hydrogen) atoms. The number of rotatable bonds is 8. The van der Waals surface area contributed by atoms with Gasteiger partial charge in [0.25, 0.3) is 0 Å². The number of aryl methyl sites for hydroxylation is 2. The molecule has 0 bridgehead atoms. The standard InChI is InChI=1S/C17H24O/c1-3-4-5-6-7-11-17(18)13-12-16-10-8-9-15(2)14-16/h3-4,8-10,14H,5-7,11-13H2,1-2H3/b4-3+. The van der Waals surface area contributed by atoms with E-state index in [1.807, 2.05) is 6.92 Å². The van der Waals surface area contributed by atoms with E-state index >= 15 is 0 Å². The van der Waals surface area contributed by atoms with Crippen molar-refractivity contribution in [1.82, 2.24) is 0 Å². The third-order valence-electron chi connectivity index (χ3n) is 3.09. The molecule has 0 aromatic heterocycles. The summed E-state index contributed by atoms with van der Waals surface area (Å²) >= 11 is 0. The van der Waals surface area contributed by atoms with Crippen LogP contribution in [0.2, 0.25) is 0 Å². The van der Waals surface area contributed by atoms with E-state index in [1.165, 1.54) is 11.1 Å². The summed E-state index contributed by atoms with van der Waals surface area (Å²) < 4.78 is 0. The van der Waals surface area contributed by atoms with E-state index < -0.39 is 0 Å². The molecule has 1 aromatic carbocycles. The zero-order valence-electron chi connectivity index (χ0n) is 11.6. The van der Waals surface area contributed by atoms with Crippen molar-refractivity contribution in [3.05, 3.63) is 47.5 Å². The molecule has 1 aromatic rings. The van der Waals surface area contributed by atoms with E-state index in [-0.39, 0.29) is 0 Å². The van der Waals surface area contributed by atoms with Crippen LogP contribution in [-0.4, -0.2) is 5.78 Å². The molecule has 1 rings (SSSR count). The fourth-order valence-corrected chi connectivity index (χ4v) is 2.03. The predicted octanol–water partition coefficient (Wildman–Crippen LogP) is 4.63. The van der Waals surface area contributed by atoms with Gasteiger partial charge in [-0.05, 0) is 45.1 Å². The Labute approximate surface area is 111 Å². The van der Waals surface area contributed by atoms with Crippen LogP contribution in [0, 0.1) is 6.92 Å². The molecule has 98 valence electrons. The number of carbonyl (C=O) groups is 1. The summed E-state index contributed by atoms with van der Waals surface area (Å²) in [5.41, 5.74) is 2.54. The molecule has 0 aliphatic heterocycles. The van der Waals surface area contributed by atoms with Crippen LogP contribution < -0.4 is 0 Å². The van der Waals surface area contributed by atoms with Crippen molar-refractivity contribution in [3.8, 4) is 0 Å². The summed E-state index contributed by atoms with van der Waals surface area (Å²) in [5.74, 6) is 0.400. The van der Waals surface area contributed by atoms with Crippen LogP contribution >= 0.6 is 0 Å². The van der Waals surface area contributed by atoms with Crippen LogP contribution in [0.15, 0.2) is 36.4 Å². The fraction of sp³-hybridized carbons (Fsp3) is 0.471. The Morgan fingerprint density at radius 2 is 2.06 bits per heavy atom. The highest BCUT2D eigenvalue weighted by atomic mass is 16.1. The van der Waals surface area contributed by atoms with Gasteiger partial charge in [-0.1, -0.05) is 42.0 Å². The number of hydrogen-bond acceptors (Lipinski definition) is 1. The van der Waals surface area contributed by atoms with Crippen LogP contribution in [-0.2, 0) is 11.2 Å². The van der Waals surface area contributed by atoms with Gasteiger partial charge in [0, 0.05) is 12.8 Å². The quantitative estimate of drug-likeness (QED) is 0.481. The van der Waals surface area contributed by atoms with Gasteiger partial charge in [-0.25, -0.2) is 0 Å². The fourth-order valence-electron chi connectivity index (χ4n) is 2.03. The molecule has 1 nitrogen and oxygen atoms in total. The first-order valence-corrected chi connectivity index (χ1v) is 6.91. The number of carbonyl (C=O) groups excluding carboxylic acids is 1. The molecule has 0 heterocycles. The summed E-state index contributed by atoms with van der Waals surface area (Å²) in [5, 5.41) is 0. The summed E-state index contributed by atoms with van der Waals surface area (Å²) in [6.45, 7) is 4.12. The van der Waals surface area contributed by atoms with E-state index in [1.54, 1.807) is 0 Å². The maximum atomic E-state index is 11.7. The van der Waals surface area contributed by atoms with Crippen molar-refractivity contribution in [2.75, 3.05) is 0 Å². The van der Waals surface area contributed by atoms with Crippen molar-refractivity contribution in [3.63, 3.8) is 0 Å². The molecule has 0 atom stereocenters. The highest BCUT2D eigenvalue weighted by Crippen LogP contribution is 2.09. The second kappa shape index (κ2) is 8.68. The first kappa shape index (κ1) is 14.7. The minimum atomic E-state index is 0.400. The van der Waals surface area contributed by atoms with E-state index in [0.29, 0.717) is 12.2 Å². The Bertz CT molecular complexity index is 390. The highest BCUT2D eigenvalue weighted by Gasteiger charge is 2.02. The molecule has 0 saturated heterocycles. The van der Waals surface area contributed by atoms with Crippen molar-refractivity contribution in [2.45, 2.75) is 52.4 Å². The maximum absolute atomic E-state index is 11.7. The molecular formula is C17H24O. The number of allylic oxidation sites excluding steroid dienone is 2. The average molecular weight is 244 g/mol. The van der Waals surface area contributed by atoms with Crippen LogP contribution in [0.3, 0.4) is 0 Å². The molecule has 0 N–H and O–H groups in total. The summed E-state index contributed by atoms with van der Waals surface area (Å²) in [6, 6.07) is 8.42. The van der Waals surface area contributed by atoms with E-state index in [0.717, 1.165) is 32.1 Å². The maximum Gasteiger partial charge on any atom is 0.133 e. The van der Waals surface area contributed by atoms with Gasteiger partial charge in [-0.3, -0.25) is 4.79 Å². The van der Waals surface area contributed by atoms with Gasteiger partial charge >= 0.3 is 0 Å². The normalized spacial score (nSPS) is 11.0. The molecule has 0 aliphatic rings. The Hall–Kier alpha value is -1.37. The third-order valence-corrected chi connectivity index (χ3v) is 3.09. The summed E-state index contributed by atoms with van der Waals surface area (Å²) in [4.78, 5) is 11.7. The zero-order chi connectivity index (χ0) is 13.2. The number of hydrogen-bond donors (Lipinski definition) is 0. The smallest absolute Gasteiger partial charge is 0.133 e. The van der Waals surface area contributed by atoms with Gasteiger partial charge in [-0.2, -0.15) is 0 Å². The largest absolute Gasteiger partial charge is 0.300 e. The predicted molar refractivity (Wildman–Crippen MR) is 77.8 cm³/mol. The lowest BCUT2D eigenvalue weighted by molar-refractivity contribution is -0.119. The van der Waals surface area contributed by atoms with Gasteiger partial charge in [-0.15, -0.1) is 0 Å². The Balaban J connectivity index is 2.17. The lowest BCUT2D eigenvalue weighted by Crippen LogP contribution is -2.00. The zero-order valence-corrected chi connectivity index (χ0v) is 11.6. The lowest BCUT2D eigenvalue weighted by Gasteiger charge is -2.02. The molecule has 0 amide bonds. The van der Waals surface area contributed by atoms with Crippen LogP contribution in [0.5, 0.6) is 0 Å². The second-order valence-corrected chi connectivity index (χ2v) is 4.84. The van der Waals surface area contributed by atoms with Gasteiger partial charge < -0.3 is 0 Å².